The van der Waals surface area contributed by atoms with E-state index in [1.165, 1.54) is 12.1 Å². The van der Waals surface area contributed by atoms with E-state index >= 15 is 0 Å². The van der Waals surface area contributed by atoms with Crippen LogP contribution in [0, 0.1) is 11.6 Å². The van der Waals surface area contributed by atoms with Gasteiger partial charge >= 0.3 is 0 Å². The van der Waals surface area contributed by atoms with Gasteiger partial charge in [0, 0.05) is 12.6 Å². The predicted octanol–water partition coefficient (Wildman–Crippen LogP) is 3.05. The zero-order chi connectivity index (χ0) is 13.9. The maximum atomic E-state index is 13.2. The first-order valence-electron chi connectivity index (χ1n) is 6.80. The van der Waals surface area contributed by atoms with Crippen LogP contribution in [0.25, 0.3) is 0 Å². The minimum absolute atomic E-state index is 0.0951. The Morgan fingerprint density at radius 2 is 2.11 bits per heavy atom. The van der Waals surface area contributed by atoms with Gasteiger partial charge in [0.05, 0.1) is 5.60 Å². The SMILES string of the molecule is CNC(Cc1ccc(F)c(F)c1)C1(C)CCCCO1. The van der Waals surface area contributed by atoms with E-state index in [0.717, 1.165) is 31.4 Å². The van der Waals surface area contributed by atoms with Gasteiger partial charge in [-0.2, -0.15) is 0 Å². The molecule has 2 rings (SSSR count). The second-order valence-corrected chi connectivity index (χ2v) is 5.41. The average Bonchev–Trinajstić information content (AvgIpc) is 2.40. The van der Waals surface area contributed by atoms with Crippen LogP contribution in [-0.4, -0.2) is 25.3 Å². The van der Waals surface area contributed by atoms with Crippen LogP contribution < -0.4 is 5.32 Å². The van der Waals surface area contributed by atoms with Gasteiger partial charge in [-0.3, -0.25) is 0 Å². The van der Waals surface area contributed by atoms with Crippen molar-refractivity contribution in [2.75, 3.05) is 13.7 Å². The minimum Gasteiger partial charge on any atom is -0.374 e. The zero-order valence-corrected chi connectivity index (χ0v) is 11.5. The Morgan fingerprint density at radius 1 is 1.32 bits per heavy atom. The number of rotatable bonds is 4. The molecule has 1 N–H and O–H groups in total. The molecule has 1 aromatic rings. The Hall–Kier alpha value is -1.00. The number of hydrogen-bond acceptors (Lipinski definition) is 2. The van der Waals surface area contributed by atoms with Crippen molar-refractivity contribution in [3.05, 3.63) is 35.4 Å². The van der Waals surface area contributed by atoms with Crippen LogP contribution >= 0.6 is 0 Å². The number of benzene rings is 1. The van der Waals surface area contributed by atoms with Crippen molar-refractivity contribution >= 4 is 0 Å². The lowest BCUT2D eigenvalue weighted by Gasteiger charge is -2.40. The molecule has 0 amide bonds. The van der Waals surface area contributed by atoms with Crippen LogP contribution in [0.1, 0.15) is 31.7 Å². The highest BCUT2D eigenvalue weighted by Gasteiger charge is 2.35. The summed E-state index contributed by atoms with van der Waals surface area (Å²) in [5.74, 6) is -1.59. The molecule has 2 unspecified atom stereocenters. The first-order valence-corrected chi connectivity index (χ1v) is 6.80. The average molecular weight is 269 g/mol. The second-order valence-electron chi connectivity index (χ2n) is 5.41. The van der Waals surface area contributed by atoms with Crippen molar-refractivity contribution in [2.45, 2.75) is 44.2 Å². The molecule has 0 aliphatic carbocycles. The highest BCUT2D eigenvalue weighted by Crippen LogP contribution is 2.29. The maximum absolute atomic E-state index is 13.2. The van der Waals surface area contributed by atoms with Gasteiger partial charge in [0.25, 0.3) is 0 Å². The Kier molecular flexibility index (Phi) is 4.53. The van der Waals surface area contributed by atoms with Gasteiger partial charge in [0.1, 0.15) is 0 Å². The van der Waals surface area contributed by atoms with E-state index in [-0.39, 0.29) is 11.6 Å². The van der Waals surface area contributed by atoms with Gasteiger partial charge in [0.2, 0.25) is 0 Å². The Labute approximate surface area is 113 Å². The molecule has 1 heterocycles. The van der Waals surface area contributed by atoms with E-state index in [9.17, 15) is 8.78 Å². The van der Waals surface area contributed by atoms with Crippen molar-refractivity contribution in [1.29, 1.82) is 0 Å². The van der Waals surface area contributed by atoms with Crippen molar-refractivity contribution in [2.24, 2.45) is 0 Å². The summed E-state index contributed by atoms with van der Waals surface area (Å²) in [7, 11) is 1.88. The number of likely N-dealkylation sites (N-methyl/N-ethyl adjacent to an activating group) is 1. The van der Waals surface area contributed by atoms with Gasteiger partial charge in [-0.25, -0.2) is 8.78 Å². The van der Waals surface area contributed by atoms with Crippen molar-refractivity contribution < 1.29 is 13.5 Å². The van der Waals surface area contributed by atoms with Gasteiger partial charge in [-0.05, 0) is 57.4 Å². The summed E-state index contributed by atoms with van der Waals surface area (Å²) in [5, 5.41) is 3.25. The summed E-state index contributed by atoms with van der Waals surface area (Å²) in [4.78, 5) is 0. The number of ether oxygens (including phenoxy) is 1. The quantitative estimate of drug-likeness (QED) is 0.907. The van der Waals surface area contributed by atoms with Gasteiger partial charge < -0.3 is 10.1 Å². The molecule has 19 heavy (non-hydrogen) atoms. The molecular weight excluding hydrogens is 248 g/mol. The monoisotopic (exact) mass is 269 g/mol. The first-order chi connectivity index (χ1) is 9.05. The second kappa shape index (κ2) is 5.97. The normalized spacial score (nSPS) is 25.3. The third kappa shape index (κ3) is 3.31. The van der Waals surface area contributed by atoms with E-state index in [2.05, 4.69) is 12.2 Å². The molecule has 0 bridgehead atoms. The number of hydrogen-bond donors (Lipinski definition) is 1. The topological polar surface area (TPSA) is 21.3 Å². The Bertz CT molecular complexity index is 430. The largest absolute Gasteiger partial charge is 0.374 e. The fourth-order valence-electron chi connectivity index (χ4n) is 2.76. The van der Waals surface area contributed by atoms with Crippen LogP contribution in [0.5, 0.6) is 0 Å². The van der Waals surface area contributed by atoms with Crippen LogP contribution in [0.15, 0.2) is 18.2 Å². The fourth-order valence-corrected chi connectivity index (χ4v) is 2.76. The predicted molar refractivity (Wildman–Crippen MR) is 71.1 cm³/mol. The molecular formula is C15H21F2NO. The van der Waals surface area contributed by atoms with E-state index < -0.39 is 11.6 Å². The fraction of sp³-hybridized carbons (Fsp3) is 0.600. The number of nitrogens with one attached hydrogen (secondary N) is 1. The summed E-state index contributed by atoms with van der Waals surface area (Å²) in [6.45, 7) is 2.86. The highest BCUT2D eigenvalue weighted by molar-refractivity contribution is 5.19. The van der Waals surface area contributed by atoms with E-state index in [4.69, 9.17) is 4.74 Å². The number of halogens is 2. The molecule has 0 radical (unpaired) electrons. The molecule has 1 aliphatic heterocycles. The molecule has 1 aliphatic rings. The molecule has 2 atom stereocenters. The summed E-state index contributed by atoms with van der Waals surface area (Å²) in [6, 6.07) is 4.18. The van der Waals surface area contributed by atoms with Gasteiger partial charge in [-0.1, -0.05) is 6.07 Å². The lowest BCUT2D eigenvalue weighted by atomic mass is 9.85. The first kappa shape index (κ1) is 14.4. The molecule has 4 heteroatoms. The van der Waals surface area contributed by atoms with Crippen LogP contribution in [0.2, 0.25) is 0 Å². The standard InChI is InChI=1S/C15H21F2NO/c1-15(7-3-4-8-19-15)14(18-2)10-11-5-6-12(16)13(17)9-11/h5-6,9,14,18H,3-4,7-8,10H2,1-2H3. The molecule has 106 valence electrons. The summed E-state index contributed by atoms with van der Waals surface area (Å²) in [5.41, 5.74) is 0.548. The minimum atomic E-state index is -0.801. The summed E-state index contributed by atoms with van der Waals surface area (Å²) in [6.07, 6.45) is 3.86. The Morgan fingerprint density at radius 3 is 2.68 bits per heavy atom. The lowest BCUT2D eigenvalue weighted by molar-refractivity contribution is -0.0870. The molecule has 0 aromatic heterocycles. The molecule has 2 nitrogen and oxygen atoms in total. The molecule has 1 saturated heterocycles. The van der Waals surface area contributed by atoms with Crippen molar-refractivity contribution in [3.8, 4) is 0 Å². The Balaban J connectivity index is 2.11. The summed E-state index contributed by atoms with van der Waals surface area (Å²) < 4.78 is 32.1. The van der Waals surface area contributed by atoms with Crippen LogP contribution in [-0.2, 0) is 11.2 Å². The zero-order valence-electron chi connectivity index (χ0n) is 11.5. The third-order valence-corrected chi connectivity index (χ3v) is 4.01. The van der Waals surface area contributed by atoms with Crippen molar-refractivity contribution in [1.82, 2.24) is 5.32 Å². The third-order valence-electron chi connectivity index (χ3n) is 4.01. The maximum Gasteiger partial charge on any atom is 0.159 e. The molecule has 1 aromatic carbocycles. The van der Waals surface area contributed by atoms with Crippen LogP contribution in [0.3, 0.4) is 0 Å². The van der Waals surface area contributed by atoms with E-state index in [0.29, 0.717) is 6.42 Å². The van der Waals surface area contributed by atoms with Crippen molar-refractivity contribution in [3.63, 3.8) is 0 Å². The van der Waals surface area contributed by atoms with Crippen LogP contribution in [0.4, 0.5) is 8.78 Å². The lowest BCUT2D eigenvalue weighted by Crippen LogP contribution is -2.52. The molecule has 0 spiro atoms. The van der Waals surface area contributed by atoms with E-state index in [1.54, 1.807) is 6.07 Å². The molecule has 1 fully saturated rings. The summed E-state index contributed by atoms with van der Waals surface area (Å²) >= 11 is 0. The van der Waals surface area contributed by atoms with E-state index in [1.807, 2.05) is 7.05 Å². The smallest absolute Gasteiger partial charge is 0.159 e. The van der Waals surface area contributed by atoms with Gasteiger partial charge in [0.15, 0.2) is 11.6 Å². The highest BCUT2D eigenvalue weighted by atomic mass is 19.2. The van der Waals surface area contributed by atoms with Gasteiger partial charge in [-0.15, -0.1) is 0 Å². The molecule has 0 saturated carbocycles.